The van der Waals surface area contributed by atoms with Crippen LogP contribution in [0.25, 0.3) is 0 Å². The highest BCUT2D eigenvalue weighted by molar-refractivity contribution is 9.11. The van der Waals surface area contributed by atoms with E-state index in [4.69, 9.17) is 0 Å². The molecule has 1 saturated heterocycles. The average molecular weight is 338 g/mol. The van der Waals surface area contributed by atoms with Gasteiger partial charge in [-0.25, -0.2) is 8.42 Å². The second kappa shape index (κ2) is 4.79. The van der Waals surface area contributed by atoms with Crippen molar-refractivity contribution in [3.05, 3.63) is 15.4 Å². The molecule has 0 atom stereocenters. The molecule has 1 aromatic heterocycles. The molecular formula is C10H12BrNO3S2. The number of piperidine rings is 1. The topological polar surface area (TPSA) is 54.5 Å². The molecule has 2 rings (SSSR count). The summed E-state index contributed by atoms with van der Waals surface area (Å²) >= 11 is 4.54. The molecule has 1 aromatic rings. The lowest BCUT2D eigenvalue weighted by Crippen LogP contribution is -2.38. The summed E-state index contributed by atoms with van der Waals surface area (Å²) in [4.78, 5) is 11.1. The first-order valence-corrected chi connectivity index (χ1v) is 8.24. The van der Waals surface area contributed by atoms with E-state index in [0.717, 1.165) is 9.35 Å². The van der Waals surface area contributed by atoms with Gasteiger partial charge in [-0.05, 0) is 34.5 Å². The van der Waals surface area contributed by atoms with Crippen LogP contribution in [0.2, 0.25) is 0 Å². The lowest BCUT2D eigenvalue weighted by Gasteiger charge is -2.24. The molecule has 0 bridgehead atoms. The zero-order chi connectivity index (χ0) is 12.6. The maximum absolute atomic E-state index is 12.3. The fraction of sp³-hybridized carbons (Fsp3) is 0.500. The lowest BCUT2D eigenvalue weighted by atomic mass is 10.1. The van der Waals surface area contributed by atoms with Crippen molar-refractivity contribution in [3.63, 3.8) is 0 Å². The summed E-state index contributed by atoms with van der Waals surface area (Å²) in [7, 11) is -3.42. The summed E-state index contributed by atoms with van der Waals surface area (Å²) in [6, 6.07) is 1.67. The van der Waals surface area contributed by atoms with Gasteiger partial charge in [0.2, 0.25) is 0 Å². The number of rotatable bonds is 2. The highest BCUT2D eigenvalue weighted by Gasteiger charge is 2.30. The van der Waals surface area contributed by atoms with Crippen LogP contribution < -0.4 is 0 Å². The highest BCUT2D eigenvalue weighted by atomic mass is 79.9. The predicted octanol–water partition coefficient (Wildman–Crippen LogP) is 2.17. The van der Waals surface area contributed by atoms with Gasteiger partial charge in [0.05, 0.1) is 3.79 Å². The molecule has 0 aromatic carbocycles. The second-order valence-electron chi connectivity index (χ2n) is 3.96. The fourth-order valence-corrected chi connectivity index (χ4v) is 5.48. The van der Waals surface area contributed by atoms with Gasteiger partial charge >= 0.3 is 0 Å². The molecule has 0 aliphatic carbocycles. The van der Waals surface area contributed by atoms with Crippen molar-refractivity contribution in [1.29, 1.82) is 0 Å². The molecule has 0 saturated carbocycles. The van der Waals surface area contributed by atoms with E-state index in [9.17, 15) is 13.2 Å². The molecule has 1 aliphatic rings. The van der Waals surface area contributed by atoms with Crippen LogP contribution in [0.3, 0.4) is 0 Å². The SMILES string of the molecule is Cc1cc(S(=O)(=O)N2CCC(=O)CC2)sc1Br. The second-order valence-corrected chi connectivity index (χ2v) is 8.50. The summed E-state index contributed by atoms with van der Waals surface area (Å²) < 4.78 is 27.1. The Kier molecular flexibility index (Phi) is 3.72. The van der Waals surface area contributed by atoms with Crippen molar-refractivity contribution in [1.82, 2.24) is 4.31 Å². The van der Waals surface area contributed by atoms with Crippen molar-refractivity contribution in [2.24, 2.45) is 0 Å². The Bertz CT molecular complexity index is 520. The number of hydrogen-bond donors (Lipinski definition) is 0. The van der Waals surface area contributed by atoms with Crippen molar-refractivity contribution in [3.8, 4) is 0 Å². The first-order valence-electron chi connectivity index (χ1n) is 5.19. The summed E-state index contributed by atoms with van der Waals surface area (Å²) in [5.74, 6) is 0.139. The van der Waals surface area contributed by atoms with E-state index in [1.165, 1.54) is 15.6 Å². The number of carbonyl (C=O) groups excluding carboxylic acids is 1. The summed E-state index contributed by atoms with van der Waals surface area (Å²) in [6.45, 7) is 2.46. The smallest absolute Gasteiger partial charge is 0.252 e. The first kappa shape index (κ1) is 13.2. The van der Waals surface area contributed by atoms with Gasteiger partial charge in [0.1, 0.15) is 9.99 Å². The molecule has 0 amide bonds. The van der Waals surface area contributed by atoms with Gasteiger partial charge in [0.15, 0.2) is 0 Å². The van der Waals surface area contributed by atoms with Crippen molar-refractivity contribution in [2.75, 3.05) is 13.1 Å². The molecule has 4 nitrogen and oxygen atoms in total. The molecule has 7 heteroatoms. The number of hydrogen-bond acceptors (Lipinski definition) is 4. The third-order valence-corrected chi connectivity index (χ3v) is 7.19. The Morgan fingerprint density at radius 3 is 2.41 bits per heavy atom. The number of Topliss-reactive ketones (excluding diaryl/α,β-unsaturated/α-hetero) is 1. The largest absolute Gasteiger partial charge is 0.300 e. The number of sulfonamides is 1. The third kappa shape index (κ3) is 2.62. The zero-order valence-electron chi connectivity index (χ0n) is 9.27. The van der Waals surface area contributed by atoms with Gasteiger partial charge in [-0.3, -0.25) is 4.79 Å². The van der Waals surface area contributed by atoms with E-state index in [1.807, 2.05) is 6.92 Å². The van der Waals surface area contributed by atoms with E-state index in [0.29, 0.717) is 30.1 Å². The van der Waals surface area contributed by atoms with Gasteiger partial charge in [-0.15, -0.1) is 11.3 Å². The van der Waals surface area contributed by atoms with E-state index in [2.05, 4.69) is 15.9 Å². The monoisotopic (exact) mass is 337 g/mol. The zero-order valence-corrected chi connectivity index (χ0v) is 12.5. The number of carbonyl (C=O) groups is 1. The standard InChI is InChI=1S/C10H12BrNO3S2/c1-7-6-9(16-10(7)11)17(14,15)12-4-2-8(13)3-5-12/h6H,2-5H2,1H3. The molecule has 17 heavy (non-hydrogen) atoms. The third-order valence-electron chi connectivity index (χ3n) is 2.71. The van der Waals surface area contributed by atoms with Crippen LogP contribution in [0.5, 0.6) is 0 Å². The highest BCUT2D eigenvalue weighted by Crippen LogP contribution is 2.32. The molecule has 0 N–H and O–H groups in total. The van der Waals surface area contributed by atoms with Gasteiger partial charge in [-0.2, -0.15) is 4.31 Å². The van der Waals surface area contributed by atoms with Crippen LogP contribution in [0, 0.1) is 6.92 Å². The van der Waals surface area contributed by atoms with Gasteiger partial charge in [0.25, 0.3) is 10.0 Å². The molecule has 0 unspecified atom stereocenters. The number of aryl methyl sites for hydroxylation is 1. The van der Waals surface area contributed by atoms with E-state index in [-0.39, 0.29) is 5.78 Å². The minimum Gasteiger partial charge on any atom is -0.300 e. The van der Waals surface area contributed by atoms with Gasteiger partial charge < -0.3 is 0 Å². The van der Waals surface area contributed by atoms with E-state index in [1.54, 1.807) is 6.07 Å². The van der Waals surface area contributed by atoms with Crippen LogP contribution in [0.4, 0.5) is 0 Å². The predicted molar refractivity (Wildman–Crippen MR) is 69.8 cm³/mol. The molecule has 94 valence electrons. The normalized spacial score (nSPS) is 18.6. The minimum atomic E-state index is -3.42. The Labute approximate surface area is 113 Å². The molecule has 1 aliphatic heterocycles. The molecule has 0 radical (unpaired) electrons. The molecule has 2 heterocycles. The Hall–Kier alpha value is -0.240. The molecule has 0 spiro atoms. The average Bonchev–Trinajstić information content (AvgIpc) is 2.60. The maximum Gasteiger partial charge on any atom is 0.252 e. The van der Waals surface area contributed by atoms with E-state index < -0.39 is 10.0 Å². The van der Waals surface area contributed by atoms with Crippen molar-refractivity contribution < 1.29 is 13.2 Å². The fourth-order valence-electron chi connectivity index (χ4n) is 1.66. The van der Waals surface area contributed by atoms with Crippen molar-refractivity contribution >= 4 is 43.1 Å². The molecule has 1 fully saturated rings. The number of thiophene rings is 1. The van der Waals surface area contributed by atoms with Crippen molar-refractivity contribution in [2.45, 2.75) is 24.0 Å². The molecular weight excluding hydrogens is 326 g/mol. The van der Waals surface area contributed by atoms with Crippen LogP contribution in [0.1, 0.15) is 18.4 Å². The van der Waals surface area contributed by atoms with Gasteiger partial charge in [0, 0.05) is 25.9 Å². The van der Waals surface area contributed by atoms with Crippen LogP contribution in [0.15, 0.2) is 14.1 Å². The Balaban J connectivity index is 2.27. The number of ketones is 1. The number of halogens is 1. The van der Waals surface area contributed by atoms with Crippen LogP contribution in [-0.4, -0.2) is 31.6 Å². The maximum atomic E-state index is 12.3. The van der Waals surface area contributed by atoms with E-state index >= 15 is 0 Å². The first-order chi connectivity index (χ1) is 7.91. The lowest BCUT2D eigenvalue weighted by molar-refractivity contribution is -0.120. The summed E-state index contributed by atoms with van der Waals surface area (Å²) in [5.41, 5.74) is 0.918. The number of nitrogens with zero attached hydrogens (tertiary/aromatic N) is 1. The summed E-state index contributed by atoms with van der Waals surface area (Å²) in [6.07, 6.45) is 0.648. The Morgan fingerprint density at radius 2 is 1.94 bits per heavy atom. The Morgan fingerprint density at radius 1 is 1.35 bits per heavy atom. The summed E-state index contributed by atoms with van der Waals surface area (Å²) in [5, 5.41) is 0. The quantitative estimate of drug-likeness (QED) is 0.831. The van der Waals surface area contributed by atoms with Crippen LogP contribution in [-0.2, 0) is 14.8 Å². The van der Waals surface area contributed by atoms with Crippen LogP contribution >= 0.6 is 27.3 Å². The minimum absolute atomic E-state index is 0.139. The van der Waals surface area contributed by atoms with Gasteiger partial charge in [-0.1, -0.05) is 0 Å².